The van der Waals surface area contributed by atoms with E-state index in [0.29, 0.717) is 27.9 Å². The molecule has 1 amide bonds. The maximum absolute atomic E-state index is 14.1. The lowest BCUT2D eigenvalue weighted by Crippen LogP contribution is -2.11. The van der Waals surface area contributed by atoms with Crippen LogP contribution in [-0.2, 0) is 12.8 Å². The van der Waals surface area contributed by atoms with Crippen molar-refractivity contribution in [2.75, 3.05) is 5.32 Å². The van der Waals surface area contributed by atoms with Gasteiger partial charge in [-0.25, -0.2) is 4.39 Å². The zero-order valence-corrected chi connectivity index (χ0v) is 17.1. The van der Waals surface area contributed by atoms with Crippen LogP contribution in [0.4, 0.5) is 10.1 Å². The largest absolute Gasteiger partial charge is 0.322 e. The minimum atomic E-state index is -0.332. The minimum absolute atomic E-state index is 0.159. The lowest BCUT2D eigenvalue weighted by molar-refractivity contribution is 0.102. The highest BCUT2D eigenvalue weighted by molar-refractivity contribution is 7.98. The molecule has 0 saturated carbocycles. The van der Waals surface area contributed by atoms with Crippen LogP contribution in [0.25, 0.3) is 11.4 Å². The van der Waals surface area contributed by atoms with Crippen LogP contribution < -0.4 is 5.32 Å². The van der Waals surface area contributed by atoms with Gasteiger partial charge in [-0.3, -0.25) is 4.79 Å². The molecular weight excluding hydrogens is 399 g/mol. The van der Waals surface area contributed by atoms with Crippen molar-refractivity contribution < 1.29 is 9.18 Å². The van der Waals surface area contributed by atoms with E-state index in [-0.39, 0.29) is 11.7 Å². The molecule has 5 nitrogen and oxygen atoms in total. The maximum Gasteiger partial charge on any atom is 0.255 e. The third-order valence-electron chi connectivity index (χ3n) is 4.54. The van der Waals surface area contributed by atoms with Crippen LogP contribution in [0, 0.1) is 5.82 Å². The first kappa shape index (κ1) is 19.8. The Hall–Kier alpha value is -3.45. The predicted octanol–water partition coefficient (Wildman–Crippen LogP) is 5.17. The number of thioether (sulfide) groups is 1. The van der Waals surface area contributed by atoms with E-state index in [9.17, 15) is 9.18 Å². The molecule has 1 heterocycles. The number of hydrogen-bond acceptors (Lipinski definition) is 4. The summed E-state index contributed by atoms with van der Waals surface area (Å²) in [6.07, 6.45) is 0. The van der Waals surface area contributed by atoms with Crippen molar-refractivity contribution in [3.05, 3.63) is 95.8 Å². The molecule has 0 spiro atoms. The third kappa shape index (κ3) is 4.41. The molecule has 0 bridgehead atoms. The summed E-state index contributed by atoms with van der Waals surface area (Å²) in [5.41, 5.74) is 2.74. The highest BCUT2D eigenvalue weighted by Gasteiger charge is 2.15. The van der Waals surface area contributed by atoms with Gasteiger partial charge in [0.25, 0.3) is 5.91 Å². The number of nitrogens with one attached hydrogen (secondary N) is 1. The SMILES string of the molecule is Cn1c(SCc2cccc(C(=O)Nc3ccccc3)c2)nnc1-c1ccccc1F. The molecule has 0 saturated heterocycles. The molecule has 0 aliphatic carbocycles. The van der Waals surface area contributed by atoms with Gasteiger partial charge in [0.2, 0.25) is 0 Å². The number of carbonyl (C=O) groups is 1. The Bertz CT molecular complexity index is 1180. The molecule has 4 rings (SSSR count). The van der Waals surface area contributed by atoms with Crippen LogP contribution in [0.3, 0.4) is 0 Å². The monoisotopic (exact) mass is 418 g/mol. The summed E-state index contributed by atoms with van der Waals surface area (Å²) < 4.78 is 15.8. The van der Waals surface area contributed by atoms with Crippen molar-refractivity contribution in [1.82, 2.24) is 14.8 Å². The molecular formula is C23H19FN4OS. The smallest absolute Gasteiger partial charge is 0.255 e. The fourth-order valence-corrected chi connectivity index (χ4v) is 3.85. The Morgan fingerprint density at radius 1 is 1.00 bits per heavy atom. The Labute approximate surface area is 178 Å². The molecule has 3 aromatic carbocycles. The van der Waals surface area contributed by atoms with Crippen LogP contribution in [0.2, 0.25) is 0 Å². The molecule has 0 aliphatic rings. The van der Waals surface area contributed by atoms with E-state index in [1.54, 1.807) is 28.8 Å². The lowest BCUT2D eigenvalue weighted by atomic mass is 10.1. The van der Waals surface area contributed by atoms with Gasteiger partial charge in [-0.05, 0) is 42.0 Å². The second-order valence-electron chi connectivity index (χ2n) is 6.65. The summed E-state index contributed by atoms with van der Waals surface area (Å²) in [6.45, 7) is 0. The number of para-hydroxylation sites is 1. The molecule has 1 aromatic heterocycles. The van der Waals surface area contributed by atoms with E-state index in [1.807, 2.05) is 55.6 Å². The van der Waals surface area contributed by atoms with Gasteiger partial charge in [-0.1, -0.05) is 54.2 Å². The van der Waals surface area contributed by atoms with E-state index in [0.717, 1.165) is 11.3 Å². The first-order valence-electron chi connectivity index (χ1n) is 9.34. The first-order chi connectivity index (χ1) is 14.6. The molecule has 0 radical (unpaired) electrons. The van der Waals surface area contributed by atoms with Gasteiger partial charge in [0.05, 0.1) is 5.56 Å². The molecule has 0 unspecified atom stereocenters. The predicted molar refractivity (Wildman–Crippen MR) is 117 cm³/mol. The fourth-order valence-electron chi connectivity index (χ4n) is 2.99. The Morgan fingerprint density at radius 2 is 1.77 bits per heavy atom. The summed E-state index contributed by atoms with van der Waals surface area (Å²) in [6, 6.07) is 23.3. The highest BCUT2D eigenvalue weighted by Crippen LogP contribution is 2.27. The molecule has 4 aromatic rings. The van der Waals surface area contributed by atoms with Gasteiger partial charge in [0, 0.05) is 24.1 Å². The van der Waals surface area contributed by atoms with Crippen LogP contribution in [0.5, 0.6) is 0 Å². The second kappa shape index (κ2) is 8.92. The van der Waals surface area contributed by atoms with E-state index in [2.05, 4.69) is 15.5 Å². The maximum atomic E-state index is 14.1. The number of hydrogen-bond donors (Lipinski definition) is 1. The molecule has 30 heavy (non-hydrogen) atoms. The number of anilines is 1. The number of rotatable bonds is 6. The number of carbonyl (C=O) groups excluding carboxylic acids is 1. The van der Waals surface area contributed by atoms with Gasteiger partial charge in [0.15, 0.2) is 11.0 Å². The van der Waals surface area contributed by atoms with Crippen molar-refractivity contribution in [2.24, 2.45) is 7.05 Å². The number of amides is 1. The molecule has 0 atom stereocenters. The van der Waals surface area contributed by atoms with E-state index < -0.39 is 0 Å². The average Bonchev–Trinajstić information content (AvgIpc) is 3.13. The van der Waals surface area contributed by atoms with Crippen molar-refractivity contribution in [3.8, 4) is 11.4 Å². The van der Waals surface area contributed by atoms with Crippen LogP contribution in [0.1, 0.15) is 15.9 Å². The number of benzene rings is 3. The van der Waals surface area contributed by atoms with Crippen LogP contribution >= 0.6 is 11.8 Å². The van der Waals surface area contributed by atoms with Gasteiger partial charge in [-0.2, -0.15) is 0 Å². The van der Waals surface area contributed by atoms with Crippen molar-refractivity contribution in [1.29, 1.82) is 0 Å². The summed E-state index contributed by atoms with van der Waals surface area (Å²) in [7, 11) is 1.81. The first-order valence-corrected chi connectivity index (χ1v) is 10.3. The normalized spacial score (nSPS) is 10.7. The summed E-state index contributed by atoms with van der Waals surface area (Å²) in [5.74, 6) is 0.595. The summed E-state index contributed by atoms with van der Waals surface area (Å²) >= 11 is 1.48. The quantitative estimate of drug-likeness (QED) is 0.439. The Kier molecular flexibility index (Phi) is 5.90. The average molecular weight is 418 g/mol. The Morgan fingerprint density at radius 3 is 2.57 bits per heavy atom. The molecule has 7 heteroatoms. The molecule has 150 valence electrons. The number of aromatic nitrogens is 3. The van der Waals surface area contributed by atoms with Crippen molar-refractivity contribution in [2.45, 2.75) is 10.9 Å². The molecule has 0 fully saturated rings. The second-order valence-corrected chi connectivity index (χ2v) is 7.60. The van der Waals surface area contributed by atoms with Crippen molar-refractivity contribution in [3.63, 3.8) is 0 Å². The van der Waals surface area contributed by atoms with Gasteiger partial charge >= 0.3 is 0 Å². The lowest BCUT2D eigenvalue weighted by Gasteiger charge is -2.07. The van der Waals surface area contributed by atoms with Crippen molar-refractivity contribution >= 4 is 23.4 Å². The van der Waals surface area contributed by atoms with E-state index in [1.165, 1.54) is 17.8 Å². The van der Waals surface area contributed by atoms with Crippen LogP contribution in [0.15, 0.2) is 84.0 Å². The van der Waals surface area contributed by atoms with Gasteiger partial charge < -0.3 is 9.88 Å². The zero-order valence-electron chi connectivity index (χ0n) is 16.2. The van der Waals surface area contributed by atoms with Gasteiger partial charge in [0.1, 0.15) is 5.82 Å². The highest BCUT2D eigenvalue weighted by atomic mass is 32.2. The summed E-state index contributed by atoms with van der Waals surface area (Å²) in [5, 5.41) is 11.9. The zero-order chi connectivity index (χ0) is 20.9. The standard InChI is InChI=1S/C23H19FN4OS/c1-28-21(19-12-5-6-13-20(19)24)26-27-23(28)30-15-16-8-7-9-17(14-16)22(29)25-18-10-3-2-4-11-18/h2-14H,15H2,1H3,(H,25,29). The number of nitrogens with zero attached hydrogens (tertiary/aromatic N) is 3. The topological polar surface area (TPSA) is 59.8 Å². The Balaban J connectivity index is 1.45. The molecule has 0 aliphatic heterocycles. The minimum Gasteiger partial charge on any atom is -0.322 e. The van der Waals surface area contributed by atoms with Gasteiger partial charge in [-0.15, -0.1) is 10.2 Å². The fraction of sp³-hybridized carbons (Fsp3) is 0.0870. The van der Waals surface area contributed by atoms with E-state index >= 15 is 0 Å². The van der Waals surface area contributed by atoms with Crippen LogP contribution in [-0.4, -0.2) is 20.7 Å². The number of halogens is 1. The van der Waals surface area contributed by atoms with E-state index in [4.69, 9.17) is 0 Å². The molecule has 1 N–H and O–H groups in total. The summed E-state index contributed by atoms with van der Waals surface area (Å²) in [4.78, 5) is 12.5. The third-order valence-corrected chi connectivity index (χ3v) is 5.63.